The van der Waals surface area contributed by atoms with Crippen LogP contribution < -0.4 is 0 Å². The van der Waals surface area contributed by atoms with E-state index in [-0.39, 0.29) is 0 Å². The molecule has 0 bridgehead atoms. The van der Waals surface area contributed by atoms with Crippen LogP contribution in [-0.2, 0) is 20.7 Å². The van der Waals surface area contributed by atoms with Gasteiger partial charge in [0.1, 0.15) is 0 Å². The molecular formula is C20H30O5. The summed E-state index contributed by atoms with van der Waals surface area (Å²) >= 11 is 0. The van der Waals surface area contributed by atoms with Gasteiger partial charge in [-0.3, -0.25) is 9.59 Å². The molecule has 0 aromatic heterocycles. The average molecular weight is 350 g/mol. The van der Waals surface area contributed by atoms with Gasteiger partial charge in [-0.25, -0.2) is 0 Å². The number of hydrogen-bond acceptors (Lipinski definition) is 3. The zero-order valence-electron chi connectivity index (χ0n) is 16.2. The molecule has 1 rings (SSSR count). The number of carboxylic acid groups (broad SMARTS) is 2. The lowest BCUT2D eigenvalue weighted by atomic mass is 9.85. The number of carbonyl (C=O) groups is 2. The minimum atomic E-state index is -0.781. The van der Waals surface area contributed by atoms with Crippen molar-refractivity contribution < 1.29 is 24.5 Å². The highest BCUT2D eigenvalue weighted by Crippen LogP contribution is 2.24. The van der Waals surface area contributed by atoms with Crippen molar-refractivity contribution in [3.05, 3.63) is 41.7 Å². The summed E-state index contributed by atoms with van der Waals surface area (Å²) in [5.74, 6) is -1.54. The van der Waals surface area contributed by atoms with Crippen LogP contribution in [0.15, 0.2) is 30.5 Å². The molecule has 0 atom stereocenters. The fourth-order valence-electron chi connectivity index (χ4n) is 1.76. The summed E-state index contributed by atoms with van der Waals surface area (Å²) in [4.78, 5) is 21.1. The number of hydrogen-bond donors (Lipinski definition) is 2. The predicted molar refractivity (Wildman–Crippen MR) is 99.3 cm³/mol. The molecule has 0 heterocycles. The van der Waals surface area contributed by atoms with Crippen LogP contribution in [0, 0.1) is 10.8 Å². The van der Waals surface area contributed by atoms with E-state index in [4.69, 9.17) is 14.9 Å². The van der Waals surface area contributed by atoms with E-state index >= 15 is 0 Å². The molecule has 1 aromatic rings. The molecule has 0 saturated carbocycles. The number of aliphatic carboxylic acids is 2. The Hall–Kier alpha value is -2.30. The maximum atomic E-state index is 11.1. The minimum Gasteiger partial charge on any atom is -0.504 e. The second kappa shape index (κ2) is 9.25. The lowest BCUT2D eigenvalue weighted by molar-refractivity contribution is -0.147. The van der Waals surface area contributed by atoms with E-state index in [9.17, 15) is 9.59 Å². The number of methoxy groups -OCH3 is 1. The Bertz CT molecular complexity index is 621. The first-order valence-corrected chi connectivity index (χ1v) is 8.07. The van der Waals surface area contributed by atoms with Gasteiger partial charge in [-0.1, -0.05) is 24.3 Å². The van der Waals surface area contributed by atoms with Gasteiger partial charge in [0.2, 0.25) is 0 Å². The van der Waals surface area contributed by atoms with Crippen LogP contribution in [0.2, 0.25) is 0 Å². The number of benzene rings is 1. The van der Waals surface area contributed by atoms with Gasteiger partial charge in [-0.05, 0) is 64.7 Å². The zero-order valence-corrected chi connectivity index (χ0v) is 16.2. The first-order valence-electron chi connectivity index (χ1n) is 8.07. The van der Waals surface area contributed by atoms with Crippen LogP contribution in [0.5, 0.6) is 0 Å². The fourth-order valence-corrected chi connectivity index (χ4v) is 1.76. The van der Waals surface area contributed by atoms with Crippen molar-refractivity contribution in [2.75, 3.05) is 7.11 Å². The van der Waals surface area contributed by atoms with Crippen LogP contribution in [0.4, 0.5) is 0 Å². The molecule has 0 amide bonds. The predicted octanol–water partition coefficient (Wildman–Crippen LogP) is 4.46. The molecular weight excluding hydrogens is 320 g/mol. The van der Waals surface area contributed by atoms with Gasteiger partial charge in [-0.2, -0.15) is 0 Å². The van der Waals surface area contributed by atoms with Crippen molar-refractivity contribution in [3.8, 4) is 0 Å². The Morgan fingerprint density at radius 3 is 2.00 bits per heavy atom. The summed E-state index contributed by atoms with van der Waals surface area (Å²) in [7, 11) is 1.61. The van der Waals surface area contributed by atoms with Gasteiger partial charge in [-0.15, -0.1) is 0 Å². The third-order valence-electron chi connectivity index (χ3n) is 3.54. The largest absolute Gasteiger partial charge is 0.504 e. The number of ether oxygens (including phenoxy) is 1. The average Bonchev–Trinajstić information content (AvgIpc) is 2.46. The Morgan fingerprint density at radius 2 is 1.60 bits per heavy atom. The number of allylic oxidation sites excluding steroid dienone is 1. The minimum absolute atomic E-state index is 0.510. The van der Waals surface area contributed by atoms with E-state index in [1.807, 2.05) is 31.2 Å². The Balaban J connectivity index is 0.000000697. The molecule has 25 heavy (non-hydrogen) atoms. The van der Waals surface area contributed by atoms with Gasteiger partial charge in [0.05, 0.1) is 24.2 Å². The van der Waals surface area contributed by atoms with Crippen molar-refractivity contribution in [2.45, 2.75) is 48.0 Å². The molecule has 0 aliphatic rings. The van der Waals surface area contributed by atoms with Gasteiger partial charge >= 0.3 is 11.9 Å². The summed E-state index contributed by atoms with van der Waals surface area (Å²) in [6.07, 6.45) is 2.19. The van der Waals surface area contributed by atoms with E-state index in [1.165, 1.54) is 0 Å². The molecule has 0 unspecified atom stereocenters. The fraction of sp³-hybridized carbons (Fsp3) is 0.500. The van der Waals surface area contributed by atoms with Crippen molar-refractivity contribution >= 4 is 17.5 Å². The van der Waals surface area contributed by atoms with E-state index in [0.717, 1.165) is 16.7 Å². The molecule has 0 aliphatic heterocycles. The molecule has 0 spiro atoms. The summed E-state index contributed by atoms with van der Waals surface area (Å²) in [5, 5.41) is 17.4. The Kier molecular flexibility index (Phi) is 8.40. The monoisotopic (exact) mass is 350 g/mol. The second-order valence-corrected chi connectivity index (χ2v) is 7.66. The van der Waals surface area contributed by atoms with Gasteiger partial charge < -0.3 is 14.9 Å². The smallest absolute Gasteiger partial charge is 0.309 e. The number of carboxylic acids is 2. The third-order valence-corrected chi connectivity index (χ3v) is 3.54. The normalized spacial score (nSPS) is 12.0. The molecule has 140 valence electrons. The van der Waals surface area contributed by atoms with Crippen molar-refractivity contribution in [1.82, 2.24) is 0 Å². The van der Waals surface area contributed by atoms with Gasteiger partial charge in [0.15, 0.2) is 0 Å². The molecule has 1 aromatic carbocycles. The van der Waals surface area contributed by atoms with E-state index in [2.05, 4.69) is 0 Å². The van der Waals surface area contributed by atoms with E-state index in [1.54, 1.807) is 48.0 Å². The highest BCUT2D eigenvalue weighted by molar-refractivity contribution is 5.74. The van der Waals surface area contributed by atoms with Crippen LogP contribution in [-0.4, -0.2) is 29.3 Å². The van der Waals surface area contributed by atoms with Crippen molar-refractivity contribution in [3.63, 3.8) is 0 Å². The summed E-state index contributed by atoms with van der Waals surface area (Å²) in [5.41, 5.74) is 1.75. The molecule has 0 saturated heterocycles. The Morgan fingerprint density at radius 1 is 1.08 bits per heavy atom. The second-order valence-electron chi connectivity index (χ2n) is 7.66. The van der Waals surface area contributed by atoms with Crippen LogP contribution >= 0.6 is 0 Å². The first-order chi connectivity index (χ1) is 11.3. The maximum absolute atomic E-state index is 11.1. The lowest BCUT2D eigenvalue weighted by Crippen LogP contribution is -2.26. The van der Waals surface area contributed by atoms with Crippen molar-refractivity contribution in [1.29, 1.82) is 0 Å². The summed E-state index contributed by atoms with van der Waals surface area (Å²) in [6.45, 7) is 10.4. The van der Waals surface area contributed by atoms with Gasteiger partial charge in [0.25, 0.3) is 0 Å². The maximum Gasteiger partial charge on any atom is 0.309 e. The number of rotatable bonds is 5. The standard InChI is InChI=1S/C15H20O3.C5H10O2/c1-11(10-18-4)13-7-5-6-12(8-13)9-15(2,3)14(16)17;1-5(2,3)4(6)7/h5-8,10H,9H2,1-4H3,(H,16,17);1-3H3,(H,6,7). The molecule has 5 nitrogen and oxygen atoms in total. The van der Waals surface area contributed by atoms with Crippen LogP contribution in [0.3, 0.4) is 0 Å². The molecule has 2 N–H and O–H groups in total. The van der Waals surface area contributed by atoms with Crippen LogP contribution in [0.1, 0.15) is 52.7 Å². The topological polar surface area (TPSA) is 83.8 Å². The van der Waals surface area contributed by atoms with Crippen molar-refractivity contribution in [2.24, 2.45) is 10.8 Å². The van der Waals surface area contributed by atoms with Gasteiger partial charge in [0, 0.05) is 0 Å². The van der Waals surface area contributed by atoms with E-state index < -0.39 is 22.8 Å². The third kappa shape index (κ3) is 8.38. The molecule has 0 radical (unpaired) electrons. The lowest BCUT2D eigenvalue weighted by Gasteiger charge is -2.19. The molecule has 0 aliphatic carbocycles. The molecule has 5 heteroatoms. The first kappa shape index (κ1) is 22.7. The quantitative estimate of drug-likeness (QED) is 0.766. The molecule has 0 fully saturated rings. The van der Waals surface area contributed by atoms with E-state index in [0.29, 0.717) is 6.42 Å². The highest BCUT2D eigenvalue weighted by Gasteiger charge is 2.27. The summed E-state index contributed by atoms with van der Waals surface area (Å²) in [6, 6.07) is 7.89. The highest BCUT2D eigenvalue weighted by atomic mass is 16.5. The Labute approximate surface area is 150 Å². The summed E-state index contributed by atoms with van der Waals surface area (Å²) < 4.78 is 4.98. The zero-order chi connectivity index (χ0) is 19.8. The SMILES string of the molecule is CC(C)(C)C(=O)O.COC=C(C)c1cccc(CC(C)(C)C(=O)O)c1. The van der Waals surface area contributed by atoms with Crippen LogP contribution in [0.25, 0.3) is 5.57 Å².